The molecule has 2 fully saturated rings. The molecular weight excluding hydrogens is 204 g/mol. The maximum absolute atomic E-state index is 11.0. The highest BCUT2D eigenvalue weighted by Crippen LogP contribution is 2.32. The van der Waals surface area contributed by atoms with Crippen molar-refractivity contribution >= 4 is 23.8 Å². The molecule has 2 saturated heterocycles. The SMILES string of the molecule is O=C(O)CC[C@@H]1SC[C@@H]2NC(=O)N[C@@H]21. The van der Waals surface area contributed by atoms with E-state index in [0.29, 0.717) is 6.42 Å². The second-order valence-electron chi connectivity index (χ2n) is 3.55. The highest BCUT2D eigenvalue weighted by Gasteiger charge is 2.42. The summed E-state index contributed by atoms with van der Waals surface area (Å²) in [4.78, 5) is 21.4. The quantitative estimate of drug-likeness (QED) is 0.581. The largest absolute Gasteiger partial charge is 0.481 e. The molecule has 0 saturated carbocycles. The summed E-state index contributed by atoms with van der Waals surface area (Å²) in [7, 11) is 0. The average molecular weight is 216 g/mol. The first-order valence-electron chi connectivity index (χ1n) is 4.57. The Morgan fingerprint density at radius 1 is 1.57 bits per heavy atom. The fourth-order valence-electron chi connectivity index (χ4n) is 1.91. The number of carbonyl (C=O) groups is 2. The van der Waals surface area contributed by atoms with Crippen LogP contribution in [0.2, 0.25) is 0 Å². The number of rotatable bonds is 3. The molecule has 0 aromatic rings. The Labute approximate surface area is 85.6 Å². The Hall–Kier alpha value is -0.910. The summed E-state index contributed by atoms with van der Waals surface area (Å²) in [5.74, 6) is 0.111. The number of fused-ring (bicyclic) bond motifs is 1. The number of nitrogens with one attached hydrogen (secondary N) is 2. The molecule has 3 N–H and O–H groups in total. The van der Waals surface area contributed by atoms with E-state index in [2.05, 4.69) is 10.6 Å². The first-order chi connectivity index (χ1) is 6.66. The summed E-state index contributed by atoms with van der Waals surface area (Å²) < 4.78 is 0. The first kappa shape index (κ1) is 9.64. The molecule has 2 heterocycles. The molecule has 2 aliphatic rings. The van der Waals surface area contributed by atoms with Gasteiger partial charge in [-0.2, -0.15) is 11.8 Å². The number of aliphatic carboxylic acids is 1. The number of hydrogen-bond acceptors (Lipinski definition) is 3. The Kier molecular flexibility index (Phi) is 2.54. The van der Waals surface area contributed by atoms with Crippen molar-refractivity contribution in [2.24, 2.45) is 0 Å². The molecule has 0 aromatic heterocycles. The number of carbonyl (C=O) groups excluding carboxylic acids is 1. The second-order valence-corrected chi connectivity index (χ2v) is 4.83. The summed E-state index contributed by atoms with van der Waals surface area (Å²) >= 11 is 1.74. The fourth-order valence-corrected chi connectivity index (χ4v) is 3.40. The molecule has 5 nitrogen and oxygen atoms in total. The lowest BCUT2D eigenvalue weighted by molar-refractivity contribution is -0.137. The molecule has 0 aliphatic carbocycles. The van der Waals surface area contributed by atoms with Crippen LogP contribution in [-0.4, -0.2) is 40.2 Å². The minimum Gasteiger partial charge on any atom is -0.481 e. The summed E-state index contributed by atoms with van der Waals surface area (Å²) in [6.07, 6.45) is 0.805. The molecule has 6 heteroatoms. The third-order valence-electron chi connectivity index (χ3n) is 2.58. The zero-order valence-corrected chi connectivity index (χ0v) is 8.34. The predicted molar refractivity (Wildman–Crippen MR) is 52.4 cm³/mol. The molecule has 0 unspecified atom stereocenters. The highest BCUT2D eigenvalue weighted by molar-refractivity contribution is 8.00. The van der Waals surface area contributed by atoms with Crippen molar-refractivity contribution < 1.29 is 14.7 Å². The molecule has 2 rings (SSSR count). The van der Waals surface area contributed by atoms with Crippen LogP contribution in [0.3, 0.4) is 0 Å². The lowest BCUT2D eigenvalue weighted by atomic mass is 10.0. The number of carboxylic acid groups (broad SMARTS) is 1. The van der Waals surface area contributed by atoms with Gasteiger partial charge in [-0.15, -0.1) is 0 Å². The van der Waals surface area contributed by atoms with Gasteiger partial charge >= 0.3 is 12.0 Å². The average Bonchev–Trinajstić information content (AvgIpc) is 2.60. The van der Waals surface area contributed by atoms with Crippen molar-refractivity contribution in [2.75, 3.05) is 5.75 Å². The summed E-state index contributed by atoms with van der Waals surface area (Å²) in [6.45, 7) is 0. The van der Waals surface area contributed by atoms with Crippen molar-refractivity contribution in [1.82, 2.24) is 10.6 Å². The fraction of sp³-hybridized carbons (Fsp3) is 0.750. The van der Waals surface area contributed by atoms with Gasteiger partial charge in [0.05, 0.1) is 12.1 Å². The van der Waals surface area contributed by atoms with Crippen molar-refractivity contribution in [3.8, 4) is 0 Å². The van der Waals surface area contributed by atoms with Gasteiger partial charge in [-0.25, -0.2) is 4.79 Å². The van der Waals surface area contributed by atoms with Crippen molar-refractivity contribution in [3.05, 3.63) is 0 Å². The lowest BCUT2D eigenvalue weighted by Crippen LogP contribution is -2.37. The van der Waals surface area contributed by atoms with Gasteiger partial charge in [0.15, 0.2) is 0 Å². The van der Waals surface area contributed by atoms with E-state index in [9.17, 15) is 9.59 Å². The van der Waals surface area contributed by atoms with Crippen LogP contribution in [-0.2, 0) is 4.79 Å². The van der Waals surface area contributed by atoms with Gasteiger partial charge in [-0.05, 0) is 6.42 Å². The minimum atomic E-state index is -0.772. The maximum atomic E-state index is 11.0. The summed E-state index contributed by atoms with van der Waals surface area (Å²) in [5.41, 5.74) is 0. The molecular formula is C8H12N2O3S. The van der Waals surface area contributed by atoms with E-state index < -0.39 is 5.97 Å². The normalized spacial score (nSPS) is 34.9. The molecule has 2 aliphatic heterocycles. The minimum absolute atomic E-state index is 0.117. The van der Waals surface area contributed by atoms with E-state index in [-0.39, 0.29) is 29.8 Å². The second kappa shape index (κ2) is 3.68. The van der Waals surface area contributed by atoms with Gasteiger partial charge in [-0.1, -0.05) is 0 Å². The van der Waals surface area contributed by atoms with Crippen LogP contribution in [0.4, 0.5) is 4.79 Å². The monoisotopic (exact) mass is 216 g/mol. The third kappa shape index (κ3) is 1.79. The van der Waals surface area contributed by atoms with Gasteiger partial charge in [0.2, 0.25) is 0 Å². The predicted octanol–water partition coefficient (Wildman–Crippen LogP) is 0.0166. The third-order valence-corrected chi connectivity index (χ3v) is 4.09. The van der Waals surface area contributed by atoms with E-state index in [4.69, 9.17) is 5.11 Å². The van der Waals surface area contributed by atoms with Gasteiger partial charge in [-0.3, -0.25) is 4.79 Å². The van der Waals surface area contributed by atoms with Crippen LogP contribution in [0.15, 0.2) is 0 Å². The highest BCUT2D eigenvalue weighted by atomic mass is 32.2. The Bertz CT molecular complexity index is 271. The molecule has 14 heavy (non-hydrogen) atoms. The van der Waals surface area contributed by atoms with Crippen LogP contribution in [0.1, 0.15) is 12.8 Å². The van der Waals surface area contributed by atoms with Crippen molar-refractivity contribution in [2.45, 2.75) is 30.2 Å². The molecule has 0 bridgehead atoms. The summed E-state index contributed by atoms with van der Waals surface area (Å²) in [6, 6.07) is 0.179. The lowest BCUT2D eigenvalue weighted by Gasteiger charge is -2.15. The number of carboxylic acids is 1. The molecule has 0 aromatic carbocycles. The van der Waals surface area contributed by atoms with Crippen LogP contribution < -0.4 is 10.6 Å². The Morgan fingerprint density at radius 2 is 2.36 bits per heavy atom. The Balaban J connectivity index is 1.89. The van der Waals surface area contributed by atoms with Gasteiger partial charge < -0.3 is 15.7 Å². The van der Waals surface area contributed by atoms with Crippen LogP contribution in [0.25, 0.3) is 0 Å². The van der Waals surface area contributed by atoms with Crippen LogP contribution in [0, 0.1) is 0 Å². The molecule has 78 valence electrons. The smallest absolute Gasteiger partial charge is 0.315 e. The van der Waals surface area contributed by atoms with Crippen LogP contribution in [0.5, 0.6) is 0 Å². The van der Waals surface area contributed by atoms with Gasteiger partial charge in [0.25, 0.3) is 0 Å². The molecule has 3 atom stereocenters. The number of urea groups is 1. The number of thioether (sulfide) groups is 1. The Morgan fingerprint density at radius 3 is 3.07 bits per heavy atom. The van der Waals surface area contributed by atoms with E-state index in [1.165, 1.54) is 0 Å². The van der Waals surface area contributed by atoms with Crippen molar-refractivity contribution in [1.29, 1.82) is 0 Å². The number of hydrogen-bond donors (Lipinski definition) is 3. The van der Waals surface area contributed by atoms with E-state index in [1.54, 1.807) is 11.8 Å². The number of amides is 2. The zero-order valence-electron chi connectivity index (χ0n) is 7.53. The van der Waals surface area contributed by atoms with E-state index in [1.807, 2.05) is 0 Å². The standard InChI is InChI=1S/C8H12N2O3S/c11-6(12)2-1-5-7-4(3-14-5)9-8(13)10-7/h4-5,7H,1-3H2,(H,11,12)(H2,9,10,13)/t4-,5-,7-/m0/s1. The van der Waals surface area contributed by atoms with Gasteiger partial charge in [0, 0.05) is 17.4 Å². The first-order valence-corrected chi connectivity index (χ1v) is 5.62. The van der Waals surface area contributed by atoms with Gasteiger partial charge in [0.1, 0.15) is 0 Å². The molecule has 2 amide bonds. The topological polar surface area (TPSA) is 78.4 Å². The van der Waals surface area contributed by atoms with E-state index >= 15 is 0 Å². The molecule has 0 spiro atoms. The molecule has 0 radical (unpaired) electrons. The van der Waals surface area contributed by atoms with Crippen molar-refractivity contribution in [3.63, 3.8) is 0 Å². The maximum Gasteiger partial charge on any atom is 0.315 e. The van der Waals surface area contributed by atoms with E-state index in [0.717, 1.165) is 5.75 Å². The summed E-state index contributed by atoms with van der Waals surface area (Å²) in [5, 5.41) is 14.4. The zero-order chi connectivity index (χ0) is 10.1. The van der Waals surface area contributed by atoms with Crippen LogP contribution >= 0.6 is 11.8 Å².